The molecule has 0 saturated carbocycles. The molecule has 0 aliphatic carbocycles. The Morgan fingerprint density at radius 3 is 0.800 bits per heavy atom. The summed E-state index contributed by atoms with van der Waals surface area (Å²) in [5.74, 6) is 0. The van der Waals surface area contributed by atoms with Crippen molar-refractivity contribution in [1.82, 2.24) is 0 Å². The molecule has 0 fully saturated rings. The predicted octanol–water partition coefficient (Wildman–Crippen LogP) is -4.55. The van der Waals surface area contributed by atoms with Gasteiger partial charge >= 0.3 is 15.6 Å². The van der Waals surface area contributed by atoms with Crippen molar-refractivity contribution in [3.63, 3.8) is 0 Å². The van der Waals surface area contributed by atoms with Crippen LogP contribution in [-0.2, 0) is 9.13 Å². The van der Waals surface area contributed by atoms with Gasteiger partial charge in [-0.25, -0.2) is 9.13 Å². The molecule has 0 amide bonds. The smallest absolute Gasteiger partial charge is 0.394 e. The van der Waals surface area contributed by atoms with Gasteiger partial charge in [-0.1, -0.05) is 0 Å². The van der Waals surface area contributed by atoms with Gasteiger partial charge in [-0.2, -0.15) is 0 Å². The third-order valence-electron chi connectivity index (χ3n) is 0.521. The zero-order valence-electron chi connectivity index (χ0n) is 10.0. The van der Waals surface area contributed by atoms with Crippen molar-refractivity contribution < 1.29 is 64.0 Å². The van der Waals surface area contributed by atoms with Crippen molar-refractivity contribution in [3.05, 3.63) is 0 Å². The molecular weight excluding hydrogens is 330 g/mol. The Morgan fingerprint density at radius 2 is 0.800 bits per heavy atom. The minimum atomic E-state index is -4.64. The molecule has 0 heterocycles. The predicted molar refractivity (Wildman–Crippen MR) is 62.9 cm³/mol. The number of rotatable bonds is 3. The van der Waals surface area contributed by atoms with E-state index in [1.165, 1.54) is 0 Å². The van der Waals surface area contributed by atoms with Crippen molar-refractivity contribution in [2.24, 2.45) is 0 Å². The molecular formula is C5H20O13P2. The summed E-state index contributed by atoms with van der Waals surface area (Å²) in [5, 5.41) is 39.3. The summed E-state index contributed by atoms with van der Waals surface area (Å²) in [6.45, 7) is -0.979. The van der Waals surface area contributed by atoms with Crippen LogP contribution in [0.15, 0.2) is 0 Å². The third-order valence-corrected chi connectivity index (χ3v) is 0.521. The average Bonchev–Trinajstić information content (AvgIpc) is 2.23. The number of aliphatic hydroxyl groups excluding tert-OH is 5. The van der Waals surface area contributed by atoms with Crippen LogP contribution in [0.4, 0.5) is 0 Å². The lowest BCUT2D eigenvalue weighted by Crippen LogP contribution is -2.15. The van der Waals surface area contributed by atoms with E-state index < -0.39 is 21.7 Å². The summed E-state index contributed by atoms with van der Waals surface area (Å²) in [7, 11) is -9.28. The quantitative estimate of drug-likeness (QED) is 0.214. The molecule has 20 heavy (non-hydrogen) atoms. The topological polar surface area (TPSA) is 257 Å². The zero-order valence-corrected chi connectivity index (χ0v) is 11.8. The van der Waals surface area contributed by atoms with E-state index in [1.54, 1.807) is 0 Å². The van der Waals surface area contributed by atoms with Gasteiger partial charge in [0.1, 0.15) is 6.10 Å². The molecule has 0 aromatic carbocycles. The molecule has 0 spiro atoms. The SMILES string of the molecule is O=P(O)(O)O.O=P(O)(O)O.OCC(O)CO.OCCO. The Hall–Kier alpha value is 0.0200. The lowest BCUT2D eigenvalue weighted by atomic mass is 10.4. The minimum Gasteiger partial charge on any atom is -0.394 e. The highest BCUT2D eigenvalue weighted by atomic mass is 31.2. The minimum absolute atomic E-state index is 0.125. The summed E-state index contributed by atoms with van der Waals surface area (Å²) in [6, 6.07) is 0. The van der Waals surface area contributed by atoms with Gasteiger partial charge in [0, 0.05) is 0 Å². The third kappa shape index (κ3) is 207. The van der Waals surface area contributed by atoms with Crippen LogP contribution in [0, 0.1) is 0 Å². The Balaban J connectivity index is -0.0000000862. The van der Waals surface area contributed by atoms with E-state index in [0.29, 0.717) is 0 Å². The van der Waals surface area contributed by atoms with Crippen LogP contribution in [0.3, 0.4) is 0 Å². The molecule has 0 bridgehead atoms. The van der Waals surface area contributed by atoms with Crippen LogP contribution in [0.1, 0.15) is 0 Å². The standard InChI is InChI=1S/C3H8O3.C2H6O2.2H3O4P/c4-1-3(6)2-5;3-1-2-4;2*1-5(2,3)4/h3-6H,1-2H2;3-4H,1-2H2;2*(H3,1,2,3,4). The van der Waals surface area contributed by atoms with Crippen molar-refractivity contribution in [2.75, 3.05) is 26.4 Å². The molecule has 0 unspecified atom stereocenters. The van der Waals surface area contributed by atoms with Crippen molar-refractivity contribution in [2.45, 2.75) is 6.10 Å². The van der Waals surface area contributed by atoms with Crippen LogP contribution in [0.5, 0.6) is 0 Å². The van der Waals surface area contributed by atoms with E-state index >= 15 is 0 Å². The van der Waals surface area contributed by atoms with E-state index in [4.69, 9.17) is 64.0 Å². The van der Waals surface area contributed by atoms with Crippen molar-refractivity contribution >= 4 is 15.6 Å². The maximum Gasteiger partial charge on any atom is 0.466 e. The second-order valence-corrected chi connectivity index (χ2v) is 4.55. The summed E-state index contributed by atoms with van der Waals surface area (Å²) in [6.07, 6.45) is -0.954. The van der Waals surface area contributed by atoms with Gasteiger partial charge in [0.25, 0.3) is 0 Å². The molecule has 13 nitrogen and oxygen atoms in total. The van der Waals surface area contributed by atoms with Crippen LogP contribution in [0.2, 0.25) is 0 Å². The second-order valence-electron chi connectivity index (χ2n) is 2.49. The first-order chi connectivity index (χ1) is 8.72. The van der Waals surface area contributed by atoms with E-state index in [1.807, 2.05) is 0 Å². The molecule has 0 aromatic rings. The van der Waals surface area contributed by atoms with Gasteiger partial charge in [0.15, 0.2) is 0 Å². The largest absolute Gasteiger partial charge is 0.466 e. The Bertz CT molecular complexity index is 215. The Morgan fingerprint density at radius 1 is 0.650 bits per heavy atom. The monoisotopic (exact) mass is 350 g/mol. The van der Waals surface area contributed by atoms with Crippen LogP contribution < -0.4 is 0 Å². The van der Waals surface area contributed by atoms with Gasteiger partial charge < -0.3 is 54.9 Å². The van der Waals surface area contributed by atoms with Crippen molar-refractivity contribution in [1.29, 1.82) is 0 Å². The summed E-state index contributed by atoms with van der Waals surface area (Å²) in [5.41, 5.74) is 0. The lowest BCUT2D eigenvalue weighted by Gasteiger charge is -1.96. The lowest BCUT2D eigenvalue weighted by molar-refractivity contribution is 0.0450. The highest BCUT2D eigenvalue weighted by molar-refractivity contribution is 7.45. The van der Waals surface area contributed by atoms with Gasteiger partial charge in [-0.15, -0.1) is 0 Å². The van der Waals surface area contributed by atoms with Gasteiger partial charge in [-0.3, -0.25) is 0 Å². The van der Waals surface area contributed by atoms with Crippen molar-refractivity contribution in [3.8, 4) is 0 Å². The summed E-state index contributed by atoms with van der Waals surface area (Å²) < 4.78 is 17.8. The molecule has 0 radical (unpaired) electrons. The molecule has 0 aromatic heterocycles. The fraction of sp³-hybridized carbons (Fsp3) is 1.00. The molecule has 0 aliphatic heterocycles. The molecule has 0 rings (SSSR count). The first kappa shape index (κ1) is 28.2. The Labute approximate surface area is 113 Å². The molecule has 0 saturated heterocycles. The maximum absolute atomic E-state index is 8.88. The first-order valence-corrected chi connectivity index (χ1v) is 7.54. The normalized spacial score (nSPS) is 10.4. The van der Waals surface area contributed by atoms with Gasteiger partial charge in [-0.05, 0) is 0 Å². The summed E-state index contributed by atoms with van der Waals surface area (Å²) >= 11 is 0. The van der Waals surface area contributed by atoms with Crippen LogP contribution in [0.25, 0.3) is 0 Å². The fourth-order valence-corrected chi connectivity index (χ4v) is 0.0577. The number of aliphatic hydroxyl groups is 5. The van der Waals surface area contributed by atoms with E-state index in [2.05, 4.69) is 0 Å². The van der Waals surface area contributed by atoms with E-state index in [0.717, 1.165) is 0 Å². The number of phosphoric acid groups is 2. The van der Waals surface area contributed by atoms with Gasteiger partial charge in [0.05, 0.1) is 26.4 Å². The van der Waals surface area contributed by atoms with Gasteiger partial charge in [0.2, 0.25) is 0 Å². The zero-order chi connectivity index (χ0) is 17.4. The molecule has 0 atom stereocenters. The number of hydrogen-bond donors (Lipinski definition) is 11. The van der Waals surface area contributed by atoms with E-state index in [-0.39, 0.29) is 26.4 Å². The average molecular weight is 350 g/mol. The molecule has 11 N–H and O–H groups in total. The molecule has 128 valence electrons. The molecule has 0 aliphatic rings. The fourth-order valence-electron chi connectivity index (χ4n) is 0.0577. The van der Waals surface area contributed by atoms with Crippen LogP contribution in [-0.4, -0.2) is 87.4 Å². The highest BCUT2D eigenvalue weighted by Crippen LogP contribution is 2.26. The summed E-state index contributed by atoms with van der Waals surface area (Å²) in [4.78, 5) is 43.1. The second kappa shape index (κ2) is 17.1. The molecule has 15 heteroatoms. The van der Waals surface area contributed by atoms with E-state index in [9.17, 15) is 0 Å². The van der Waals surface area contributed by atoms with Crippen LogP contribution >= 0.6 is 15.6 Å². The Kier molecular flexibility index (Phi) is 24.1. The number of hydrogen-bond acceptors (Lipinski definition) is 7. The highest BCUT2D eigenvalue weighted by Gasteiger charge is 2.00. The maximum atomic E-state index is 8.88. The first-order valence-electron chi connectivity index (χ1n) is 4.40.